The molecule has 0 saturated heterocycles. The SMILES string of the molecule is O=C(COc1cccc(Cl)c1)NCCNC(=O)c1nc(-c2ccccc2F)no1. The summed E-state index contributed by atoms with van der Waals surface area (Å²) in [7, 11) is 0. The molecule has 2 amide bonds. The smallest absolute Gasteiger partial charge is 0.316 e. The van der Waals surface area contributed by atoms with Crippen LogP contribution >= 0.6 is 11.6 Å². The molecular weight excluding hydrogens is 403 g/mol. The molecule has 1 heterocycles. The summed E-state index contributed by atoms with van der Waals surface area (Å²) >= 11 is 5.83. The lowest BCUT2D eigenvalue weighted by atomic mass is 10.2. The number of nitrogens with zero attached hydrogens (tertiary/aromatic N) is 2. The number of aromatic nitrogens is 2. The normalized spacial score (nSPS) is 10.4. The highest BCUT2D eigenvalue weighted by Crippen LogP contribution is 2.19. The van der Waals surface area contributed by atoms with Crippen molar-refractivity contribution in [1.29, 1.82) is 0 Å². The van der Waals surface area contributed by atoms with Crippen molar-refractivity contribution in [1.82, 2.24) is 20.8 Å². The molecule has 0 atom stereocenters. The van der Waals surface area contributed by atoms with Gasteiger partial charge in [-0.2, -0.15) is 4.98 Å². The monoisotopic (exact) mass is 418 g/mol. The van der Waals surface area contributed by atoms with Gasteiger partial charge in [-0.15, -0.1) is 0 Å². The Labute approximate surface area is 170 Å². The lowest BCUT2D eigenvalue weighted by Crippen LogP contribution is -2.36. The van der Waals surface area contributed by atoms with E-state index in [0.717, 1.165) is 0 Å². The molecule has 1 aromatic heterocycles. The van der Waals surface area contributed by atoms with Crippen LogP contribution in [-0.4, -0.2) is 41.7 Å². The minimum absolute atomic E-state index is 0.0280. The second-order valence-electron chi connectivity index (χ2n) is 5.75. The molecule has 8 nitrogen and oxygen atoms in total. The molecule has 0 aliphatic rings. The lowest BCUT2D eigenvalue weighted by Gasteiger charge is -2.08. The van der Waals surface area contributed by atoms with Gasteiger partial charge in [0.1, 0.15) is 11.6 Å². The minimum atomic E-state index is -0.635. The first kappa shape index (κ1) is 20.3. The zero-order valence-electron chi connectivity index (χ0n) is 15.0. The first-order valence-corrected chi connectivity index (χ1v) is 8.92. The van der Waals surface area contributed by atoms with E-state index in [1.165, 1.54) is 18.2 Å². The topological polar surface area (TPSA) is 106 Å². The summed E-state index contributed by atoms with van der Waals surface area (Å²) in [5.41, 5.74) is 0.127. The second kappa shape index (κ2) is 9.65. The Balaban J connectivity index is 1.40. The molecule has 3 aromatic rings. The van der Waals surface area contributed by atoms with Gasteiger partial charge in [-0.05, 0) is 30.3 Å². The van der Waals surface area contributed by atoms with E-state index in [-0.39, 0.29) is 42.9 Å². The van der Waals surface area contributed by atoms with Crippen LogP contribution in [0.3, 0.4) is 0 Å². The molecule has 29 heavy (non-hydrogen) atoms. The van der Waals surface area contributed by atoms with Crippen LogP contribution in [0.15, 0.2) is 53.1 Å². The Kier molecular flexibility index (Phi) is 6.75. The summed E-state index contributed by atoms with van der Waals surface area (Å²) in [5, 5.41) is 9.20. The molecule has 0 aliphatic heterocycles. The van der Waals surface area contributed by atoms with Crippen molar-refractivity contribution in [2.75, 3.05) is 19.7 Å². The number of carbonyl (C=O) groups is 2. The number of amides is 2. The molecule has 3 rings (SSSR count). The molecule has 0 radical (unpaired) electrons. The highest BCUT2D eigenvalue weighted by atomic mass is 35.5. The second-order valence-corrected chi connectivity index (χ2v) is 6.19. The van der Waals surface area contributed by atoms with Crippen LogP contribution in [0.1, 0.15) is 10.7 Å². The summed E-state index contributed by atoms with van der Waals surface area (Å²) < 4.78 is 23.9. The van der Waals surface area contributed by atoms with E-state index in [2.05, 4.69) is 20.8 Å². The average molecular weight is 419 g/mol. The first-order chi connectivity index (χ1) is 14.0. The number of halogens is 2. The molecule has 0 spiro atoms. The lowest BCUT2D eigenvalue weighted by molar-refractivity contribution is -0.123. The van der Waals surface area contributed by atoms with Crippen molar-refractivity contribution in [3.8, 4) is 17.1 Å². The third kappa shape index (κ3) is 5.76. The Morgan fingerprint density at radius 1 is 1.10 bits per heavy atom. The predicted octanol–water partition coefficient (Wildman–Crippen LogP) is 2.45. The zero-order valence-corrected chi connectivity index (χ0v) is 15.8. The molecule has 0 bridgehead atoms. The summed E-state index contributed by atoms with van der Waals surface area (Å²) in [4.78, 5) is 27.6. The highest BCUT2D eigenvalue weighted by Gasteiger charge is 2.17. The van der Waals surface area contributed by atoms with Crippen LogP contribution in [-0.2, 0) is 4.79 Å². The first-order valence-electron chi connectivity index (χ1n) is 8.55. The van der Waals surface area contributed by atoms with Crippen LogP contribution in [0.25, 0.3) is 11.4 Å². The van der Waals surface area contributed by atoms with Crippen molar-refractivity contribution >= 4 is 23.4 Å². The number of benzene rings is 2. The van der Waals surface area contributed by atoms with E-state index >= 15 is 0 Å². The van der Waals surface area contributed by atoms with Crippen molar-refractivity contribution < 1.29 is 23.2 Å². The van der Waals surface area contributed by atoms with Crippen molar-refractivity contribution in [3.63, 3.8) is 0 Å². The number of hydrogen-bond acceptors (Lipinski definition) is 6. The molecule has 2 aromatic carbocycles. The van der Waals surface area contributed by atoms with Gasteiger partial charge in [0.05, 0.1) is 5.56 Å². The summed E-state index contributed by atoms with van der Waals surface area (Å²) in [6.07, 6.45) is 0. The molecule has 10 heteroatoms. The maximum atomic E-state index is 13.7. The summed E-state index contributed by atoms with van der Waals surface area (Å²) in [6, 6.07) is 12.6. The van der Waals surface area contributed by atoms with Crippen molar-refractivity contribution in [2.24, 2.45) is 0 Å². The maximum Gasteiger partial charge on any atom is 0.316 e. The van der Waals surface area contributed by atoms with Gasteiger partial charge < -0.3 is 19.9 Å². The fourth-order valence-corrected chi connectivity index (χ4v) is 2.46. The number of carbonyl (C=O) groups excluding carboxylic acids is 2. The number of hydrogen-bond donors (Lipinski definition) is 2. The Bertz CT molecular complexity index is 1010. The maximum absolute atomic E-state index is 13.7. The molecule has 0 saturated carbocycles. The third-order valence-corrected chi connectivity index (χ3v) is 3.87. The largest absolute Gasteiger partial charge is 0.484 e. The molecule has 0 fully saturated rings. The Morgan fingerprint density at radius 2 is 1.90 bits per heavy atom. The Hall–Kier alpha value is -3.46. The van der Waals surface area contributed by atoms with Gasteiger partial charge >= 0.3 is 11.8 Å². The molecule has 0 aliphatic carbocycles. The Morgan fingerprint density at radius 3 is 2.69 bits per heavy atom. The van der Waals surface area contributed by atoms with Gasteiger partial charge in [0.2, 0.25) is 5.82 Å². The zero-order chi connectivity index (χ0) is 20.6. The van der Waals surface area contributed by atoms with Gasteiger partial charge in [0.25, 0.3) is 5.91 Å². The average Bonchev–Trinajstić information content (AvgIpc) is 3.20. The van der Waals surface area contributed by atoms with Gasteiger partial charge in [-0.3, -0.25) is 9.59 Å². The van der Waals surface area contributed by atoms with Gasteiger partial charge in [-0.25, -0.2) is 4.39 Å². The summed E-state index contributed by atoms with van der Waals surface area (Å²) in [5.74, 6) is -1.38. The minimum Gasteiger partial charge on any atom is -0.484 e. The molecular formula is C19H16ClFN4O4. The number of nitrogens with one attached hydrogen (secondary N) is 2. The number of ether oxygens (including phenoxy) is 1. The number of rotatable bonds is 8. The standard InChI is InChI=1S/C19H16ClFN4O4/c20-12-4-3-5-13(10-12)28-11-16(26)22-8-9-23-18(27)19-24-17(25-29-19)14-6-1-2-7-15(14)21/h1-7,10H,8-9,11H2,(H,22,26)(H,23,27). The molecule has 2 N–H and O–H groups in total. The van der Waals surface area contributed by atoms with Crippen LogP contribution in [0.5, 0.6) is 5.75 Å². The fourth-order valence-electron chi connectivity index (χ4n) is 2.28. The van der Waals surface area contributed by atoms with Gasteiger partial charge in [0, 0.05) is 18.1 Å². The van der Waals surface area contributed by atoms with Crippen LogP contribution in [0.4, 0.5) is 4.39 Å². The van der Waals surface area contributed by atoms with E-state index in [9.17, 15) is 14.0 Å². The molecule has 0 unspecified atom stereocenters. The van der Waals surface area contributed by atoms with E-state index in [4.69, 9.17) is 20.9 Å². The van der Waals surface area contributed by atoms with Gasteiger partial charge in [0.15, 0.2) is 6.61 Å². The van der Waals surface area contributed by atoms with E-state index in [1.807, 2.05) is 0 Å². The fraction of sp³-hybridized carbons (Fsp3) is 0.158. The summed E-state index contributed by atoms with van der Waals surface area (Å²) in [6.45, 7) is 0.0981. The highest BCUT2D eigenvalue weighted by molar-refractivity contribution is 6.30. The van der Waals surface area contributed by atoms with E-state index in [1.54, 1.807) is 30.3 Å². The van der Waals surface area contributed by atoms with Gasteiger partial charge in [-0.1, -0.05) is 35.0 Å². The van der Waals surface area contributed by atoms with Crippen LogP contribution in [0, 0.1) is 5.82 Å². The quantitative estimate of drug-likeness (QED) is 0.544. The van der Waals surface area contributed by atoms with E-state index in [0.29, 0.717) is 10.8 Å². The van der Waals surface area contributed by atoms with Crippen molar-refractivity contribution in [3.05, 3.63) is 65.3 Å². The molecule has 150 valence electrons. The third-order valence-electron chi connectivity index (χ3n) is 3.63. The van der Waals surface area contributed by atoms with Crippen LogP contribution in [0.2, 0.25) is 5.02 Å². The van der Waals surface area contributed by atoms with Crippen molar-refractivity contribution in [2.45, 2.75) is 0 Å². The predicted molar refractivity (Wildman–Crippen MR) is 102 cm³/mol. The van der Waals surface area contributed by atoms with E-state index < -0.39 is 11.7 Å². The van der Waals surface area contributed by atoms with Crippen LogP contribution < -0.4 is 15.4 Å².